The third-order valence-electron chi connectivity index (χ3n) is 4.06. The zero-order chi connectivity index (χ0) is 13.0. The molecular weight excluding hydrogens is 246 g/mol. The number of hydrogen-bond acceptors (Lipinski definition) is 4. The molecule has 0 N–H and O–H groups in total. The lowest BCUT2D eigenvalue weighted by atomic mass is 10.3. The lowest BCUT2D eigenvalue weighted by Gasteiger charge is -2.32. The summed E-state index contributed by atoms with van der Waals surface area (Å²) in [4.78, 5) is 18.8. The second-order valence-corrected chi connectivity index (χ2v) is 6.52. The van der Waals surface area contributed by atoms with Gasteiger partial charge in [-0.25, -0.2) is 0 Å². The van der Waals surface area contributed by atoms with Crippen molar-refractivity contribution in [2.24, 2.45) is 0 Å². The van der Waals surface area contributed by atoms with Gasteiger partial charge in [0.05, 0.1) is 0 Å². The van der Waals surface area contributed by atoms with Crippen molar-refractivity contribution in [1.82, 2.24) is 14.7 Å². The molecular formula is C13H25N3OS. The molecule has 104 valence electrons. The van der Waals surface area contributed by atoms with Gasteiger partial charge in [0, 0.05) is 50.9 Å². The molecule has 5 heteroatoms. The molecule has 0 bridgehead atoms. The molecule has 2 saturated heterocycles. The van der Waals surface area contributed by atoms with E-state index in [4.69, 9.17) is 0 Å². The van der Waals surface area contributed by atoms with Crippen LogP contribution in [0.1, 0.15) is 12.8 Å². The van der Waals surface area contributed by atoms with E-state index in [1.807, 2.05) is 16.7 Å². The first-order chi connectivity index (χ1) is 8.69. The molecule has 0 saturated carbocycles. The molecule has 0 radical (unpaired) electrons. The van der Waals surface area contributed by atoms with E-state index in [0.717, 1.165) is 44.5 Å². The fourth-order valence-corrected chi connectivity index (χ4v) is 3.36. The van der Waals surface area contributed by atoms with Crippen molar-refractivity contribution in [3.63, 3.8) is 0 Å². The fourth-order valence-electron chi connectivity index (χ4n) is 2.66. The van der Waals surface area contributed by atoms with Gasteiger partial charge in [-0.2, -0.15) is 11.8 Å². The van der Waals surface area contributed by atoms with E-state index in [1.54, 1.807) is 0 Å². The molecule has 1 amide bonds. The highest BCUT2D eigenvalue weighted by Gasteiger charge is 2.23. The Morgan fingerprint density at radius 3 is 2.56 bits per heavy atom. The van der Waals surface area contributed by atoms with Gasteiger partial charge in [0.15, 0.2) is 0 Å². The Balaban J connectivity index is 1.66. The zero-order valence-corrected chi connectivity index (χ0v) is 12.4. The maximum Gasteiger partial charge on any atom is 0.223 e. The van der Waals surface area contributed by atoms with Crippen LogP contribution in [-0.2, 0) is 4.79 Å². The molecule has 2 fully saturated rings. The van der Waals surface area contributed by atoms with Crippen LogP contribution in [0, 0.1) is 0 Å². The molecule has 0 aromatic heterocycles. The smallest absolute Gasteiger partial charge is 0.223 e. The first kappa shape index (κ1) is 14.2. The third-order valence-corrected chi connectivity index (χ3v) is 5.11. The molecule has 1 atom stereocenters. The summed E-state index contributed by atoms with van der Waals surface area (Å²) < 4.78 is 0. The highest BCUT2D eigenvalue weighted by molar-refractivity contribution is 7.99. The summed E-state index contributed by atoms with van der Waals surface area (Å²) in [5.41, 5.74) is 0. The van der Waals surface area contributed by atoms with Crippen molar-refractivity contribution in [1.29, 1.82) is 0 Å². The van der Waals surface area contributed by atoms with Crippen LogP contribution in [0.2, 0.25) is 0 Å². The second kappa shape index (κ2) is 6.78. The van der Waals surface area contributed by atoms with E-state index in [2.05, 4.69) is 23.1 Å². The summed E-state index contributed by atoms with van der Waals surface area (Å²) in [6, 6.07) is 0. The van der Waals surface area contributed by atoms with E-state index in [0.29, 0.717) is 12.3 Å². The number of amides is 1. The Bertz CT molecular complexity index is 279. The first-order valence-electron chi connectivity index (χ1n) is 6.90. The number of likely N-dealkylation sites (tertiary alicyclic amines) is 1. The van der Waals surface area contributed by atoms with E-state index >= 15 is 0 Å². The molecule has 0 aromatic carbocycles. The summed E-state index contributed by atoms with van der Waals surface area (Å²) in [7, 11) is 2.12. The van der Waals surface area contributed by atoms with Crippen LogP contribution in [-0.4, -0.2) is 85.0 Å². The Hall–Kier alpha value is -0.260. The summed E-state index contributed by atoms with van der Waals surface area (Å²) in [5.74, 6) is 0.343. The van der Waals surface area contributed by atoms with Gasteiger partial charge in [0.1, 0.15) is 0 Å². The highest BCUT2D eigenvalue weighted by Crippen LogP contribution is 2.20. The molecule has 0 unspecified atom stereocenters. The number of thioether (sulfide) groups is 1. The van der Waals surface area contributed by atoms with Gasteiger partial charge in [0.25, 0.3) is 0 Å². The average Bonchev–Trinajstić information content (AvgIpc) is 2.85. The predicted octanol–water partition coefficient (Wildman–Crippen LogP) is 0.588. The van der Waals surface area contributed by atoms with Gasteiger partial charge < -0.3 is 14.7 Å². The molecule has 0 spiro atoms. The van der Waals surface area contributed by atoms with Crippen molar-refractivity contribution >= 4 is 17.7 Å². The number of nitrogens with zero attached hydrogens (tertiary/aromatic N) is 3. The van der Waals surface area contributed by atoms with Gasteiger partial charge in [-0.1, -0.05) is 0 Å². The number of carbonyl (C=O) groups is 1. The van der Waals surface area contributed by atoms with Crippen LogP contribution in [0.5, 0.6) is 0 Å². The first-order valence-corrected chi connectivity index (χ1v) is 8.19. The standard InChI is InChI=1S/C13H25N3OS/c1-14-7-9-16(10-8-14)13(17)4-6-15-5-3-12(11-15)18-2/h12H,3-11H2,1-2H3/t12-/m1/s1. The lowest BCUT2D eigenvalue weighted by molar-refractivity contribution is -0.133. The van der Waals surface area contributed by atoms with Crippen LogP contribution in [0.25, 0.3) is 0 Å². The molecule has 2 heterocycles. The highest BCUT2D eigenvalue weighted by atomic mass is 32.2. The molecule has 0 aliphatic carbocycles. The van der Waals surface area contributed by atoms with Gasteiger partial charge in [0.2, 0.25) is 5.91 Å². The van der Waals surface area contributed by atoms with E-state index in [-0.39, 0.29) is 0 Å². The van der Waals surface area contributed by atoms with Crippen LogP contribution >= 0.6 is 11.8 Å². The minimum atomic E-state index is 0.343. The number of hydrogen-bond donors (Lipinski definition) is 0. The predicted molar refractivity (Wildman–Crippen MR) is 77.1 cm³/mol. The SMILES string of the molecule is CS[C@@H]1CCN(CCC(=O)N2CCN(C)CC2)C1. The van der Waals surface area contributed by atoms with Crippen molar-refractivity contribution < 1.29 is 4.79 Å². The summed E-state index contributed by atoms with van der Waals surface area (Å²) >= 11 is 1.96. The number of piperazine rings is 1. The van der Waals surface area contributed by atoms with Crippen LogP contribution in [0.3, 0.4) is 0 Å². The van der Waals surface area contributed by atoms with Crippen molar-refractivity contribution in [3.8, 4) is 0 Å². The van der Waals surface area contributed by atoms with Crippen LogP contribution in [0.15, 0.2) is 0 Å². The van der Waals surface area contributed by atoms with Crippen LogP contribution in [0.4, 0.5) is 0 Å². The second-order valence-electron chi connectivity index (χ2n) is 5.38. The molecule has 18 heavy (non-hydrogen) atoms. The number of carbonyl (C=O) groups excluding carboxylic acids is 1. The molecule has 0 aromatic rings. The van der Waals surface area contributed by atoms with Crippen molar-refractivity contribution in [3.05, 3.63) is 0 Å². The van der Waals surface area contributed by atoms with E-state index in [1.165, 1.54) is 13.0 Å². The minimum Gasteiger partial charge on any atom is -0.340 e. The maximum absolute atomic E-state index is 12.1. The fraction of sp³-hybridized carbons (Fsp3) is 0.923. The quantitative estimate of drug-likeness (QED) is 0.748. The number of likely N-dealkylation sites (N-methyl/N-ethyl adjacent to an activating group) is 1. The average molecular weight is 271 g/mol. The Kier molecular flexibility index (Phi) is 5.33. The monoisotopic (exact) mass is 271 g/mol. The Morgan fingerprint density at radius 1 is 1.22 bits per heavy atom. The van der Waals surface area contributed by atoms with E-state index < -0.39 is 0 Å². The Morgan fingerprint density at radius 2 is 1.94 bits per heavy atom. The Labute approximate surface area is 115 Å². The maximum atomic E-state index is 12.1. The van der Waals surface area contributed by atoms with Crippen molar-refractivity contribution in [2.45, 2.75) is 18.1 Å². The topological polar surface area (TPSA) is 26.8 Å². The molecule has 2 rings (SSSR count). The van der Waals surface area contributed by atoms with Gasteiger partial charge in [-0.05, 0) is 26.3 Å². The number of rotatable bonds is 4. The molecule has 2 aliphatic heterocycles. The van der Waals surface area contributed by atoms with E-state index in [9.17, 15) is 4.79 Å². The minimum absolute atomic E-state index is 0.343. The molecule has 2 aliphatic rings. The van der Waals surface area contributed by atoms with Gasteiger partial charge in [-0.15, -0.1) is 0 Å². The van der Waals surface area contributed by atoms with Crippen LogP contribution < -0.4 is 0 Å². The van der Waals surface area contributed by atoms with Gasteiger partial charge >= 0.3 is 0 Å². The van der Waals surface area contributed by atoms with Gasteiger partial charge in [-0.3, -0.25) is 4.79 Å². The zero-order valence-electron chi connectivity index (χ0n) is 11.6. The van der Waals surface area contributed by atoms with Crippen molar-refractivity contribution in [2.75, 3.05) is 59.1 Å². The summed E-state index contributed by atoms with van der Waals surface area (Å²) in [6.07, 6.45) is 4.16. The lowest BCUT2D eigenvalue weighted by Crippen LogP contribution is -2.47. The summed E-state index contributed by atoms with van der Waals surface area (Å²) in [6.45, 7) is 7.13. The summed E-state index contributed by atoms with van der Waals surface area (Å²) in [5, 5.41) is 0.781. The largest absolute Gasteiger partial charge is 0.340 e. The normalized spacial score (nSPS) is 26.8. The molecule has 4 nitrogen and oxygen atoms in total. The third kappa shape index (κ3) is 3.87.